The maximum absolute atomic E-state index is 3.84. The number of hydrogen-bond acceptors (Lipinski definition) is 3. The first-order valence-electron chi connectivity index (χ1n) is 4.00. The minimum absolute atomic E-state index is 0. The molecule has 12 heavy (non-hydrogen) atoms. The second-order valence-electron chi connectivity index (χ2n) is 3.04. The smallest absolute Gasteiger partial charge is 0.114 e. The van der Waals surface area contributed by atoms with Gasteiger partial charge in [0.1, 0.15) is 6.01 Å². The van der Waals surface area contributed by atoms with Gasteiger partial charge in [0.2, 0.25) is 0 Å². The Morgan fingerprint density at radius 1 is 1.33 bits per heavy atom. The Morgan fingerprint density at radius 3 is 2.33 bits per heavy atom. The van der Waals surface area contributed by atoms with Crippen molar-refractivity contribution in [2.75, 3.05) is 6.54 Å². The Morgan fingerprint density at radius 2 is 1.92 bits per heavy atom. The minimum atomic E-state index is 0. The van der Waals surface area contributed by atoms with Gasteiger partial charge >= 0.3 is 0 Å². The molecule has 0 aliphatic carbocycles. The van der Waals surface area contributed by atoms with Gasteiger partial charge in [-0.1, -0.05) is 6.92 Å². The van der Waals surface area contributed by atoms with Gasteiger partial charge in [-0.25, -0.2) is 4.99 Å². The average Bonchev–Trinajstić information content (AvgIpc) is 1.99. The molecule has 3 nitrogen and oxygen atoms in total. The number of hydrogen-bond donors (Lipinski definition) is 1. The first kappa shape index (κ1) is 14.0. The second-order valence-corrected chi connectivity index (χ2v) is 3.04. The number of nitrogens with zero attached hydrogens (tertiary/aromatic N) is 2. The Hall–Kier alpha value is -0.530. The van der Waals surface area contributed by atoms with Crippen molar-refractivity contribution in [3.63, 3.8) is 0 Å². The molecule has 0 aromatic rings. The van der Waals surface area contributed by atoms with Gasteiger partial charge in [-0.05, 0) is 27.2 Å². The predicted molar refractivity (Wildman–Crippen MR) is 55.2 cm³/mol. The van der Waals surface area contributed by atoms with Crippen molar-refractivity contribution in [3.05, 3.63) is 0 Å². The van der Waals surface area contributed by atoms with Crippen LogP contribution in [-0.4, -0.2) is 18.1 Å². The number of rotatable bonds is 4. The van der Waals surface area contributed by atoms with Crippen molar-refractivity contribution in [2.45, 2.75) is 39.7 Å². The maximum atomic E-state index is 3.84. The van der Waals surface area contributed by atoms with Crippen molar-refractivity contribution in [3.8, 4) is 0 Å². The lowest BCUT2D eigenvalue weighted by molar-refractivity contribution is 0.389. The van der Waals surface area contributed by atoms with E-state index in [0.29, 0.717) is 0 Å². The molecule has 0 rings (SSSR count). The zero-order valence-electron chi connectivity index (χ0n) is 8.22. The number of nitrogens with one attached hydrogen (secondary N) is 1. The van der Waals surface area contributed by atoms with E-state index in [9.17, 15) is 0 Å². The molecule has 0 unspecified atom stereocenters. The standard InChI is InChI=1S/C8H17N3.ClH/c1-5-8(3,4)11-10-7-9-6-2;/h11H,5-6H2,1-4H3;1H. The molecule has 0 aromatic carbocycles. The van der Waals surface area contributed by atoms with Gasteiger partial charge in [0.05, 0.1) is 0 Å². The summed E-state index contributed by atoms with van der Waals surface area (Å²) in [5, 5.41) is 3.84. The van der Waals surface area contributed by atoms with E-state index in [0.717, 1.165) is 13.0 Å². The largest absolute Gasteiger partial charge is 0.295 e. The maximum Gasteiger partial charge on any atom is 0.114 e. The fourth-order valence-electron chi connectivity index (χ4n) is 0.361. The first-order chi connectivity index (χ1) is 5.12. The van der Waals surface area contributed by atoms with Gasteiger partial charge in [0.25, 0.3) is 0 Å². The molecule has 0 aliphatic rings. The van der Waals surface area contributed by atoms with Crippen LogP contribution in [0.15, 0.2) is 10.1 Å². The summed E-state index contributed by atoms with van der Waals surface area (Å²) in [4.78, 5) is 3.83. The molecule has 0 atom stereocenters. The minimum Gasteiger partial charge on any atom is -0.295 e. The molecular weight excluding hydrogens is 174 g/mol. The van der Waals surface area contributed by atoms with Crippen molar-refractivity contribution < 1.29 is 0 Å². The molecule has 0 aromatic heterocycles. The number of halogens is 1. The van der Waals surface area contributed by atoms with E-state index in [1.807, 2.05) is 6.92 Å². The van der Waals surface area contributed by atoms with Gasteiger partial charge in [-0.15, -0.1) is 17.5 Å². The molecule has 1 N–H and O–H groups in total. The molecular formula is C8H18ClN3. The molecule has 4 heteroatoms. The average molecular weight is 192 g/mol. The van der Waals surface area contributed by atoms with Crippen LogP contribution in [0.5, 0.6) is 0 Å². The Labute approximate surface area is 80.8 Å². The van der Waals surface area contributed by atoms with Gasteiger partial charge in [-0.3, -0.25) is 5.43 Å². The van der Waals surface area contributed by atoms with Crippen LogP contribution in [0.2, 0.25) is 0 Å². The predicted octanol–water partition coefficient (Wildman–Crippen LogP) is 2.30. The van der Waals surface area contributed by atoms with E-state index in [1.54, 1.807) is 0 Å². The molecule has 0 amide bonds. The fourth-order valence-corrected chi connectivity index (χ4v) is 0.361. The monoisotopic (exact) mass is 191 g/mol. The van der Waals surface area contributed by atoms with Crippen LogP contribution in [0, 0.1) is 0 Å². The number of hydrazone groups is 1. The van der Waals surface area contributed by atoms with Gasteiger partial charge in [0, 0.05) is 12.1 Å². The Kier molecular flexibility index (Phi) is 8.34. The third-order valence-corrected chi connectivity index (χ3v) is 1.52. The number of aliphatic imine (C=N–C) groups is 1. The molecule has 72 valence electrons. The van der Waals surface area contributed by atoms with Crippen molar-refractivity contribution >= 4 is 18.4 Å². The van der Waals surface area contributed by atoms with Crippen LogP contribution in [0.4, 0.5) is 0 Å². The van der Waals surface area contributed by atoms with Crippen LogP contribution < -0.4 is 5.43 Å². The summed E-state index contributed by atoms with van der Waals surface area (Å²) >= 11 is 0. The topological polar surface area (TPSA) is 36.8 Å². The highest BCUT2D eigenvalue weighted by Crippen LogP contribution is 2.05. The lowest BCUT2D eigenvalue weighted by atomic mass is 10.0. The summed E-state index contributed by atoms with van der Waals surface area (Å²) in [6.07, 6.45) is 1.03. The van der Waals surface area contributed by atoms with Gasteiger partial charge in [0.15, 0.2) is 0 Å². The van der Waals surface area contributed by atoms with E-state index in [-0.39, 0.29) is 17.9 Å². The molecule has 0 bridgehead atoms. The SMILES string of the molecule is CCN=C=NNC(C)(C)CC.Cl. The van der Waals surface area contributed by atoms with Crippen molar-refractivity contribution in [1.29, 1.82) is 0 Å². The summed E-state index contributed by atoms with van der Waals surface area (Å²) in [6, 6.07) is 2.56. The van der Waals surface area contributed by atoms with Gasteiger partial charge < -0.3 is 0 Å². The molecule has 0 fully saturated rings. The summed E-state index contributed by atoms with van der Waals surface area (Å²) in [5.41, 5.74) is 3.02. The third-order valence-electron chi connectivity index (χ3n) is 1.52. The second kappa shape index (κ2) is 7.14. The molecule has 0 radical (unpaired) electrons. The van der Waals surface area contributed by atoms with Crippen LogP contribution in [-0.2, 0) is 0 Å². The molecule has 0 saturated carbocycles. The lowest BCUT2D eigenvalue weighted by Gasteiger charge is -2.20. The molecule has 0 aliphatic heterocycles. The zero-order chi connectivity index (χ0) is 8.74. The van der Waals surface area contributed by atoms with Crippen molar-refractivity contribution in [1.82, 2.24) is 5.43 Å². The molecule has 0 heterocycles. The van der Waals surface area contributed by atoms with Crippen LogP contribution in [0.1, 0.15) is 34.1 Å². The first-order valence-corrected chi connectivity index (χ1v) is 4.00. The van der Waals surface area contributed by atoms with E-state index in [2.05, 4.69) is 42.3 Å². The highest BCUT2D eigenvalue weighted by molar-refractivity contribution is 5.85. The summed E-state index contributed by atoms with van der Waals surface area (Å²) in [5.74, 6) is 0. The Bertz CT molecular complexity index is 160. The fraction of sp³-hybridized carbons (Fsp3) is 0.875. The highest BCUT2D eigenvalue weighted by atomic mass is 35.5. The molecule has 0 saturated heterocycles. The van der Waals surface area contributed by atoms with Crippen LogP contribution >= 0.6 is 12.4 Å². The molecule has 0 spiro atoms. The van der Waals surface area contributed by atoms with E-state index in [4.69, 9.17) is 0 Å². The van der Waals surface area contributed by atoms with E-state index in [1.165, 1.54) is 0 Å². The van der Waals surface area contributed by atoms with Crippen LogP contribution in [0.3, 0.4) is 0 Å². The summed E-state index contributed by atoms with van der Waals surface area (Å²) in [7, 11) is 0. The quantitative estimate of drug-likeness (QED) is 0.537. The van der Waals surface area contributed by atoms with Crippen LogP contribution in [0.25, 0.3) is 0 Å². The summed E-state index contributed by atoms with van der Waals surface area (Å²) in [6.45, 7) is 8.97. The summed E-state index contributed by atoms with van der Waals surface area (Å²) < 4.78 is 0. The van der Waals surface area contributed by atoms with Crippen molar-refractivity contribution in [2.24, 2.45) is 10.1 Å². The van der Waals surface area contributed by atoms with E-state index >= 15 is 0 Å². The lowest BCUT2D eigenvalue weighted by Crippen LogP contribution is -2.34. The Balaban J connectivity index is 0. The zero-order valence-corrected chi connectivity index (χ0v) is 9.03. The highest BCUT2D eigenvalue weighted by Gasteiger charge is 2.11. The third kappa shape index (κ3) is 7.58. The van der Waals surface area contributed by atoms with E-state index < -0.39 is 0 Å². The van der Waals surface area contributed by atoms with Gasteiger partial charge in [-0.2, -0.15) is 0 Å². The normalized spacial score (nSPS) is 9.33.